The van der Waals surface area contributed by atoms with Crippen LogP contribution in [0.1, 0.15) is 5.69 Å². The highest BCUT2D eigenvalue weighted by Gasteiger charge is 2.35. The summed E-state index contributed by atoms with van der Waals surface area (Å²) in [4.78, 5) is 4.40. The predicted molar refractivity (Wildman–Crippen MR) is 87.7 cm³/mol. The van der Waals surface area contributed by atoms with Gasteiger partial charge in [-0.2, -0.15) is 18.3 Å². The molecule has 8 heteroatoms. The van der Waals surface area contributed by atoms with E-state index in [0.29, 0.717) is 17.0 Å². The van der Waals surface area contributed by atoms with Gasteiger partial charge in [0, 0.05) is 18.7 Å². The third kappa shape index (κ3) is 2.90. The SMILES string of the molecule is Cn1nc(C(F)(F)F)cc1Oc1cccc2nc(-c3ccccc3)oc12. The topological polar surface area (TPSA) is 53.1 Å². The number of oxazole rings is 1. The van der Waals surface area contributed by atoms with Gasteiger partial charge in [0.25, 0.3) is 0 Å². The minimum Gasteiger partial charge on any atom is -0.435 e. The number of halogens is 3. The van der Waals surface area contributed by atoms with Crippen LogP contribution in [0.5, 0.6) is 11.6 Å². The molecule has 4 rings (SSSR count). The van der Waals surface area contributed by atoms with Gasteiger partial charge in [-0.3, -0.25) is 0 Å². The number of benzene rings is 2. The highest BCUT2D eigenvalue weighted by atomic mass is 19.4. The highest BCUT2D eigenvalue weighted by Crippen LogP contribution is 2.35. The molecule has 0 fully saturated rings. The Morgan fingerprint density at radius 3 is 2.50 bits per heavy atom. The molecule has 0 saturated heterocycles. The Kier molecular flexibility index (Phi) is 3.68. The molecule has 0 aliphatic carbocycles. The van der Waals surface area contributed by atoms with Gasteiger partial charge in [-0.15, -0.1) is 0 Å². The van der Waals surface area contributed by atoms with Crippen molar-refractivity contribution >= 4 is 11.1 Å². The number of fused-ring (bicyclic) bond motifs is 1. The number of aryl methyl sites for hydroxylation is 1. The average Bonchev–Trinajstić information content (AvgIpc) is 3.20. The van der Waals surface area contributed by atoms with Crippen molar-refractivity contribution in [2.75, 3.05) is 0 Å². The van der Waals surface area contributed by atoms with Gasteiger partial charge in [-0.05, 0) is 24.3 Å². The molecule has 0 unspecified atom stereocenters. The first-order valence-corrected chi connectivity index (χ1v) is 7.66. The van der Waals surface area contributed by atoms with Crippen molar-refractivity contribution in [1.82, 2.24) is 14.8 Å². The third-order valence-electron chi connectivity index (χ3n) is 3.74. The van der Waals surface area contributed by atoms with Crippen molar-refractivity contribution in [2.24, 2.45) is 7.05 Å². The maximum absolute atomic E-state index is 12.8. The summed E-state index contributed by atoms with van der Waals surface area (Å²) >= 11 is 0. The summed E-state index contributed by atoms with van der Waals surface area (Å²) in [6, 6.07) is 15.2. The van der Waals surface area contributed by atoms with Crippen molar-refractivity contribution in [2.45, 2.75) is 6.18 Å². The van der Waals surface area contributed by atoms with Gasteiger partial charge in [-0.25, -0.2) is 9.67 Å². The summed E-state index contributed by atoms with van der Waals surface area (Å²) in [7, 11) is 1.38. The van der Waals surface area contributed by atoms with Gasteiger partial charge in [0.1, 0.15) is 5.52 Å². The zero-order valence-electron chi connectivity index (χ0n) is 13.5. The standard InChI is InChI=1S/C18H12F3N3O2/c1-24-15(10-14(23-24)18(19,20)21)25-13-9-5-8-12-16(13)26-17(22-12)11-6-3-2-4-7-11/h2-10H,1H3. The number of aromatic nitrogens is 3. The zero-order chi connectivity index (χ0) is 18.3. The largest absolute Gasteiger partial charge is 0.435 e. The van der Waals surface area contributed by atoms with Crippen molar-refractivity contribution in [1.29, 1.82) is 0 Å². The molecular weight excluding hydrogens is 347 g/mol. The molecule has 5 nitrogen and oxygen atoms in total. The van der Waals surface area contributed by atoms with Crippen molar-refractivity contribution in [3.05, 3.63) is 60.3 Å². The van der Waals surface area contributed by atoms with Crippen LogP contribution >= 0.6 is 0 Å². The number of ether oxygens (including phenoxy) is 1. The van der Waals surface area contributed by atoms with Crippen molar-refractivity contribution in [3.63, 3.8) is 0 Å². The molecule has 0 aliphatic rings. The molecule has 0 spiro atoms. The fraction of sp³-hybridized carbons (Fsp3) is 0.111. The first kappa shape index (κ1) is 16.2. The van der Waals surface area contributed by atoms with Crippen LogP contribution in [0.25, 0.3) is 22.6 Å². The highest BCUT2D eigenvalue weighted by molar-refractivity contribution is 5.82. The Morgan fingerprint density at radius 2 is 1.81 bits per heavy atom. The summed E-state index contributed by atoms with van der Waals surface area (Å²) < 4.78 is 50.8. The fourth-order valence-electron chi connectivity index (χ4n) is 2.51. The molecule has 132 valence electrons. The van der Waals surface area contributed by atoms with Crippen LogP contribution in [0.3, 0.4) is 0 Å². The molecule has 0 radical (unpaired) electrons. The monoisotopic (exact) mass is 359 g/mol. The molecular formula is C18H12F3N3O2. The maximum Gasteiger partial charge on any atom is 0.435 e. The molecule has 2 aromatic heterocycles. The Labute approximate surface area is 145 Å². The summed E-state index contributed by atoms with van der Waals surface area (Å²) in [5.74, 6) is 0.606. The van der Waals surface area contributed by atoms with E-state index in [2.05, 4.69) is 10.1 Å². The lowest BCUT2D eigenvalue weighted by Crippen LogP contribution is -2.06. The van der Waals surface area contributed by atoms with Gasteiger partial charge >= 0.3 is 6.18 Å². The number of hydrogen-bond donors (Lipinski definition) is 0. The van der Waals surface area contributed by atoms with E-state index in [4.69, 9.17) is 9.15 Å². The Balaban J connectivity index is 1.74. The predicted octanol–water partition coefficient (Wildman–Crippen LogP) is 5.04. The molecule has 4 aromatic rings. The fourth-order valence-corrected chi connectivity index (χ4v) is 2.51. The summed E-state index contributed by atoms with van der Waals surface area (Å²) in [6.07, 6.45) is -4.54. The first-order chi connectivity index (χ1) is 12.4. The number of hydrogen-bond acceptors (Lipinski definition) is 4. The summed E-state index contributed by atoms with van der Waals surface area (Å²) in [5, 5.41) is 3.43. The lowest BCUT2D eigenvalue weighted by atomic mass is 10.2. The van der Waals surface area contributed by atoms with Crippen LogP contribution in [0.15, 0.2) is 59.0 Å². The quantitative estimate of drug-likeness (QED) is 0.514. The maximum atomic E-state index is 12.8. The van der Waals surface area contributed by atoms with E-state index in [1.54, 1.807) is 18.2 Å². The van der Waals surface area contributed by atoms with Crippen molar-refractivity contribution < 1.29 is 22.3 Å². The van der Waals surface area contributed by atoms with E-state index in [0.717, 1.165) is 16.3 Å². The molecule has 0 N–H and O–H groups in total. The Hall–Kier alpha value is -3.29. The summed E-state index contributed by atoms with van der Waals surface area (Å²) in [6.45, 7) is 0. The second-order valence-electron chi connectivity index (χ2n) is 5.58. The lowest BCUT2D eigenvalue weighted by Gasteiger charge is -2.04. The molecule has 0 saturated carbocycles. The van der Waals surface area contributed by atoms with Crippen LogP contribution in [-0.4, -0.2) is 14.8 Å². The number of nitrogens with zero attached hydrogens (tertiary/aromatic N) is 3. The van der Waals surface area contributed by atoms with E-state index in [9.17, 15) is 13.2 Å². The van der Waals surface area contributed by atoms with E-state index in [-0.39, 0.29) is 11.6 Å². The van der Waals surface area contributed by atoms with E-state index >= 15 is 0 Å². The minimum absolute atomic E-state index is 0.0533. The minimum atomic E-state index is -4.54. The smallest absolute Gasteiger partial charge is 0.435 e. The number of rotatable bonds is 3. The second kappa shape index (κ2) is 5.91. The van der Waals surface area contributed by atoms with Gasteiger partial charge < -0.3 is 9.15 Å². The first-order valence-electron chi connectivity index (χ1n) is 7.66. The van der Waals surface area contributed by atoms with Gasteiger partial charge in [0.15, 0.2) is 17.0 Å². The van der Waals surface area contributed by atoms with Crippen LogP contribution in [0.4, 0.5) is 13.2 Å². The van der Waals surface area contributed by atoms with E-state index < -0.39 is 11.9 Å². The van der Waals surface area contributed by atoms with E-state index in [1.807, 2.05) is 30.3 Å². The van der Waals surface area contributed by atoms with Crippen LogP contribution in [-0.2, 0) is 13.2 Å². The lowest BCUT2D eigenvalue weighted by molar-refractivity contribution is -0.141. The van der Waals surface area contributed by atoms with Crippen LogP contribution < -0.4 is 4.74 Å². The second-order valence-corrected chi connectivity index (χ2v) is 5.58. The molecule has 0 aliphatic heterocycles. The van der Waals surface area contributed by atoms with Gasteiger partial charge in [-0.1, -0.05) is 24.3 Å². The number of alkyl halides is 3. The van der Waals surface area contributed by atoms with Gasteiger partial charge in [0.05, 0.1) is 0 Å². The molecule has 0 bridgehead atoms. The van der Waals surface area contributed by atoms with E-state index in [1.165, 1.54) is 7.05 Å². The average molecular weight is 359 g/mol. The number of para-hydroxylation sites is 1. The zero-order valence-corrected chi connectivity index (χ0v) is 13.5. The van der Waals surface area contributed by atoms with Crippen molar-refractivity contribution in [3.8, 4) is 23.1 Å². The molecule has 0 amide bonds. The van der Waals surface area contributed by atoms with Crippen LogP contribution in [0.2, 0.25) is 0 Å². The molecule has 2 heterocycles. The third-order valence-corrected chi connectivity index (χ3v) is 3.74. The molecule has 26 heavy (non-hydrogen) atoms. The Morgan fingerprint density at radius 1 is 1.04 bits per heavy atom. The normalized spacial score (nSPS) is 11.8. The van der Waals surface area contributed by atoms with Gasteiger partial charge in [0.2, 0.25) is 11.8 Å². The molecule has 2 aromatic carbocycles. The van der Waals surface area contributed by atoms with Crippen LogP contribution in [0, 0.1) is 0 Å². The summed E-state index contributed by atoms with van der Waals surface area (Å²) in [5.41, 5.74) is 0.653. The Bertz CT molecular complexity index is 1070. The molecule has 0 atom stereocenters.